The van der Waals surface area contributed by atoms with Gasteiger partial charge in [-0.25, -0.2) is 8.78 Å². The summed E-state index contributed by atoms with van der Waals surface area (Å²) < 4.78 is 25.9. The normalized spacial score (nSPS) is 12.4. The van der Waals surface area contributed by atoms with E-state index in [1.807, 2.05) is 12.1 Å². The minimum atomic E-state index is -0.842. The number of pyridine rings is 1. The number of rotatable bonds is 4. The lowest BCUT2D eigenvalue weighted by atomic mass is 10.2. The minimum Gasteiger partial charge on any atom is -0.329 e. The van der Waals surface area contributed by atoms with Crippen LogP contribution in [-0.4, -0.2) is 11.5 Å². The summed E-state index contributed by atoms with van der Waals surface area (Å²) in [6.45, 7) is 0.410. The van der Waals surface area contributed by atoms with E-state index in [0.717, 1.165) is 11.6 Å². The number of aromatic nitrogens is 1. The Labute approximate surface area is 108 Å². The minimum absolute atomic E-state index is 0.00198. The monoisotopic (exact) mass is 266 g/mol. The molecule has 1 heterocycles. The molecule has 1 unspecified atom stereocenters. The van der Waals surface area contributed by atoms with Gasteiger partial charge in [0, 0.05) is 29.1 Å². The summed E-state index contributed by atoms with van der Waals surface area (Å²) in [5.41, 5.74) is 6.73. The molecule has 94 valence electrons. The van der Waals surface area contributed by atoms with Crippen LogP contribution in [0.4, 0.5) is 8.78 Å². The first-order chi connectivity index (χ1) is 8.70. The maximum Gasteiger partial charge on any atom is 0.159 e. The molecule has 18 heavy (non-hydrogen) atoms. The Bertz CT molecular complexity index is 520. The molecule has 0 saturated heterocycles. The van der Waals surface area contributed by atoms with Gasteiger partial charge in [-0.15, -0.1) is 11.8 Å². The molecule has 2 N–H and O–H groups in total. The molecule has 2 nitrogen and oxygen atoms in total. The number of hydrogen-bond acceptors (Lipinski definition) is 3. The zero-order valence-corrected chi connectivity index (χ0v) is 10.3. The van der Waals surface area contributed by atoms with Crippen molar-refractivity contribution in [2.24, 2.45) is 5.73 Å². The summed E-state index contributed by atoms with van der Waals surface area (Å²) in [4.78, 5) is 4.59. The molecule has 1 aromatic heterocycles. The fourth-order valence-electron chi connectivity index (χ4n) is 1.54. The summed E-state index contributed by atoms with van der Waals surface area (Å²) in [7, 11) is 0. The summed E-state index contributed by atoms with van der Waals surface area (Å²) in [6, 6.07) is 7.59. The average molecular weight is 266 g/mol. The Balaban J connectivity index is 2.18. The lowest BCUT2D eigenvalue weighted by Gasteiger charge is -2.14. The van der Waals surface area contributed by atoms with E-state index in [9.17, 15) is 8.78 Å². The average Bonchev–Trinajstić information content (AvgIpc) is 2.41. The maximum absolute atomic E-state index is 13.1. The van der Waals surface area contributed by atoms with E-state index < -0.39 is 11.6 Å². The lowest BCUT2D eigenvalue weighted by Crippen LogP contribution is -2.09. The van der Waals surface area contributed by atoms with Crippen LogP contribution in [-0.2, 0) is 0 Å². The molecule has 0 aliphatic rings. The van der Waals surface area contributed by atoms with Crippen LogP contribution in [0.5, 0.6) is 0 Å². The van der Waals surface area contributed by atoms with Crippen LogP contribution in [0, 0.1) is 11.6 Å². The number of benzene rings is 1. The smallest absolute Gasteiger partial charge is 0.159 e. The number of halogens is 2. The van der Waals surface area contributed by atoms with Gasteiger partial charge in [0.05, 0.1) is 0 Å². The van der Waals surface area contributed by atoms with E-state index in [4.69, 9.17) is 5.73 Å². The van der Waals surface area contributed by atoms with E-state index in [2.05, 4.69) is 4.98 Å². The van der Waals surface area contributed by atoms with Crippen molar-refractivity contribution in [2.75, 3.05) is 6.54 Å². The molecule has 5 heteroatoms. The van der Waals surface area contributed by atoms with Crippen LogP contribution < -0.4 is 5.73 Å². The van der Waals surface area contributed by atoms with Crippen molar-refractivity contribution >= 4 is 11.8 Å². The number of nitrogens with two attached hydrogens (primary N) is 1. The van der Waals surface area contributed by atoms with Gasteiger partial charge in [-0.3, -0.25) is 4.98 Å². The molecule has 0 radical (unpaired) electrons. The third kappa shape index (κ3) is 3.05. The van der Waals surface area contributed by atoms with Gasteiger partial charge in [0.1, 0.15) is 0 Å². The van der Waals surface area contributed by atoms with Crippen molar-refractivity contribution in [3.63, 3.8) is 0 Å². The standard InChI is InChI=1S/C13H12F2N2S/c14-11-2-1-10(7-12(11)15)18-13(8-16)9-3-5-17-6-4-9/h1-7,13H,8,16H2. The summed E-state index contributed by atoms with van der Waals surface area (Å²) in [5, 5.41) is -0.00198. The number of thioether (sulfide) groups is 1. The Hall–Kier alpha value is -1.46. The van der Waals surface area contributed by atoms with Gasteiger partial charge in [0.15, 0.2) is 11.6 Å². The van der Waals surface area contributed by atoms with Gasteiger partial charge in [-0.1, -0.05) is 0 Å². The largest absolute Gasteiger partial charge is 0.329 e. The van der Waals surface area contributed by atoms with E-state index in [1.54, 1.807) is 18.5 Å². The molecule has 0 bridgehead atoms. The van der Waals surface area contributed by atoms with Gasteiger partial charge in [0.2, 0.25) is 0 Å². The van der Waals surface area contributed by atoms with Gasteiger partial charge >= 0.3 is 0 Å². The number of nitrogens with zero attached hydrogens (tertiary/aromatic N) is 1. The topological polar surface area (TPSA) is 38.9 Å². The first-order valence-corrected chi connectivity index (χ1v) is 6.30. The third-order valence-electron chi connectivity index (χ3n) is 2.46. The second-order valence-electron chi connectivity index (χ2n) is 3.70. The lowest BCUT2D eigenvalue weighted by molar-refractivity contribution is 0.506. The molecule has 0 fully saturated rings. The highest BCUT2D eigenvalue weighted by Gasteiger charge is 2.12. The molecule has 0 saturated carbocycles. The second kappa shape index (κ2) is 5.93. The maximum atomic E-state index is 13.1. The van der Waals surface area contributed by atoms with Crippen molar-refractivity contribution in [3.8, 4) is 0 Å². The fraction of sp³-hybridized carbons (Fsp3) is 0.154. The highest BCUT2D eigenvalue weighted by molar-refractivity contribution is 7.99. The molecule has 0 spiro atoms. The number of hydrogen-bond donors (Lipinski definition) is 1. The first kappa shape index (κ1) is 13.0. The van der Waals surface area contributed by atoms with Gasteiger partial charge in [-0.2, -0.15) is 0 Å². The molecule has 0 aliphatic carbocycles. The van der Waals surface area contributed by atoms with Crippen LogP contribution >= 0.6 is 11.8 Å². The zero-order chi connectivity index (χ0) is 13.0. The van der Waals surface area contributed by atoms with Crippen LogP contribution in [0.1, 0.15) is 10.8 Å². The highest BCUT2D eigenvalue weighted by Crippen LogP contribution is 2.34. The first-order valence-electron chi connectivity index (χ1n) is 5.42. The molecule has 0 amide bonds. The third-order valence-corrected chi connectivity index (χ3v) is 3.74. The van der Waals surface area contributed by atoms with E-state index in [0.29, 0.717) is 11.4 Å². The van der Waals surface area contributed by atoms with Crippen LogP contribution in [0.15, 0.2) is 47.6 Å². The van der Waals surface area contributed by atoms with Gasteiger partial charge in [0.25, 0.3) is 0 Å². The Morgan fingerprint density at radius 3 is 2.44 bits per heavy atom. The van der Waals surface area contributed by atoms with E-state index in [1.165, 1.54) is 17.8 Å². The van der Waals surface area contributed by atoms with Crippen molar-refractivity contribution in [2.45, 2.75) is 10.1 Å². The van der Waals surface area contributed by atoms with Crippen LogP contribution in [0.25, 0.3) is 0 Å². The molecular formula is C13H12F2N2S. The van der Waals surface area contributed by atoms with Crippen molar-refractivity contribution < 1.29 is 8.78 Å². The van der Waals surface area contributed by atoms with Crippen molar-refractivity contribution in [1.82, 2.24) is 4.98 Å². The van der Waals surface area contributed by atoms with Crippen LogP contribution in [0.3, 0.4) is 0 Å². The molecule has 0 aliphatic heterocycles. The SMILES string of the molecule is NCC(Sc1ccc(F)c(F)c1)c1ccncc1. The predicted molar refractivity (Wildman–Crippen MR) is 68.2 cm³/mol. The van der Waals surface area contributed by atoms with E-state index >= 15 is 0 Å². The fourth-order valence-corrected chi connectivity index (χ4v) is 2.58. The molecule has 1 atom stereocenters. The molecule has 1 aromatic carbocycles. The summed E-state index contributed by atoms with van der Waals surface area (Å²) in [5.74, 6) is -1.68. The molecule has 2 aromatic rings. The predicted octanol–water partition coefficient (Wildman–Crippen LogP) is 3.15. The van der Waals surface area contributed by atoms with Gasteiger partial charge < -0.3 is 5.73 Å². The Morgan fingerprint density at radius 1 is 1.11 bits per heavy atom. The Morgan fingerprint density at radius 2 is 1.83 bits per heavy atom. The van der Waals surface area contributed by atoms with Crippen molar-refractivity contribution in [1.29, 1.82) is 0 Å². The second-order valence-corrected chi connectivity index (χ2v) is 4.97. The van der Waals surface area contributed by atoms with Crippen LogP contribution in [0.2, 0.25) is 0 Å². The van der Waals surface area contributed by atoms with Gasteiger partial charge in [-0.05, 0) is 35.9 Å². The molecule has 2 rings (SSSR count). The zero-order valence-electron chi connectivity index (χ0n) is 9.51. The highest BCUT2D eigenvalue weighted by atomic mass is 32.2. The van der Waals surface area contributed by atoms with E-state index in [-0.39, 0.29) is 5.25 Å². The summed E-state index contributed by atoms with van der Waals surface area (Å²) >= 11 is 1.41. The Kier molecular flexibility index (Phi) is 4.28. The molecular weight excluding hydrogens is 254 g/mol. The quantitative estimate of drug-likeness (QED) is 0.864. The summed E-state index contributed by atoms with van der Waals surface area (Å²) in [6.07, 6.45) is 3.37. The van der Waals surface area contributed by atoms with Crippen molar-refractivity contribution in [3.05, 3.63) is 59.9 Å².